The number of carbonyl (C=O) groups excluding carboxylic acids is 5. The van der Waals surface area contributed by atoms with E-state index < -0.39 is 71.6 Å². The Morgan fingerprint density at radius 3 is 1.30 bits per heavy atom. The summed E-state index contributed by atoms with van der Waals surface area (Å²) >= 11 is 0. The molecule has 0 fully saturated rings. The lowest BCUT2D eigenvalue weighted by Gasteiger charge is -2.31. The van der Waals surface area contributed by atoms with Crippen molar-refractivity contribution in [3.05, 3.63) is 143 Å². The number of carboxylic acid groups (broad SMARTS) is 1. The van der Waals surface area contributed by atoms with E-state index in [0.717, 1.165) is 21.6 Å². The van der Waals surface area contributed by atoms with Crippen LogP contribution in [0, 0.1) is 34.5 Å². The molecule has 0 heterocycles. The highest BCUT2D eigenvalue weighted by Gasteiger charge is 2.36. The molecular formula is C59H96N4O13. The standard InChI is InChI=1S/C29H36N2O6.C17H15NO3.C12H23NO4.CH4.9H2/c1-20(2)16-24(31(6)28(34)37-29(3,4)5)26(32)36-25(17-21-12-14-22(18-30)15-13-21)27(33)35-19-23-10-8-7-9-11-23;18-11-14-8-6-13(7-9-14)10-16(19)17(20)21-12-15-4-2-1-3-5-15;1-8(2)7-9(10(14)15)13(6)11(16)17-12(3,4)5;;;;;;;;;;/h7-15,20,24-25H,16-17,19H2,1-6H3;1-9,16,19H,10,12H2;8-9H,7H2,1-6H3,(H,14,15);1H4;9*1H/t24-,25+;16-;9-;;;;;;;;;;/m010........../s1/i;;;;9*1+1D. The zero-order chi connectivity index (χ0) is 74.5. The molecule has 4 aromatic carbocycles. The van der Waals surface area contributed by atoms with E-state index in [9.17, 15) is 33.9 Å². The molecule has 0 radical (unpaired) electrons. The number of amides is 2. The summed E-state index contributed by atoms with van der Waals surface area (Å²) in [5.74, 6) is -2.83. The van der Waals surface area contributed by atoms with E-state index in [1.165, 1.54) is 19.0 Å². The number of carboxylic acids is 1. The predicted octanol–water partition coefficient (Wildman–Crippen LogP) is 12.4. The Kier molecular flexibility index (Phi) is 22.1. The van der Waals surface area contributed by atoms with Crippen molar-refractivity contribution in [3.63, 3.8) is 0 Å². The minimum absolute atomic E-state index is 0. The first-order chi connectivity index (χ1) is 44.1. The van der Waals surface area contributed by atoms with Crippen molar-refractivity contribution in [1.29, 1.82) is 10.5 Å². The van der Waals surface area contributed by atoms with Crippen LogP contribution in [-0.2, 0) is 68.9 Å². The number of aliphatic carboxylic acids is 1. The maximum absolute atomic E-state index is 13.3. The number of nitriles is 2. The number of aliphatic hydroxyl groups is 1. The van der Waals surface area contributed by atoms with Gasteiger partial charge >= 0.3 is 36.1 Å². The smallest absolute Gasteiger partial charge is 0.410 e. The van der Waals surface area contributed by atoms with Crippen LogP contribution in [0.1, 0.15) is 150 Å². The van der Waals surface area contributed by atoms with Crippen LogP contribution in [0.2, 0.25) is 0 Å². The van der Waals surface area contributed by atoms with Gasteiger partial charge in [0.25, 0.3) is 0 Å². The fourth-order valence-electron chi connectivity index (χ4n) is 6.64. The molecule has 0 aliphatic heterocycles. The summed E-state index contributed by atoms with van der Waals surface area (Å²) in [5, 5.41) is 36.7. The van der Waals surface area contributed by atoms with E-state index in [2.05, 4.69) is 0 Å². The molecule has 4 rings (SSSR count). The summed E-state index contributed by atoms with van der Waals surface area (Å²) in [5.41, 5.74) is 2.79. The van der Waals surface area contributed by atoms with Gasteiger partial charge in [-0.1, -0.05) is 120 Å². The van der Waals surface area contributed by atoms with Crippen molar-refractivity contribution in [2.24, 2.45) is 11.8 Å². The third kappa shape index (κ3) is 25.9. The summed E-state index contributed by atoms with van der Waals surface area (Å²) < 4.78 is 117. The van der Waals surface area contributed by atoms with Crippen LogP contribution in [0.5, 0.6) is 0 Å². The van der Waals surface area contributed by atoms with Gasteiger partial charge in [-0.2, -0.15) is 10.5 Å². The zero-order valence-corrected chi connectivity index (χ0v) is 45.3. The fraction of sp³-hybridized carbons (Fsp3) is 0.458. The minimum Gasteiger partial charge on any atom is -0.480 e. The Balaban J connectivity index is -0.000000155. The lowest BCUT2D eigenvalue weighted by atomic mass is 10.0. The van der Waals surface area contributed by atoms with Crippen LogP contribution in [0.3, 0.4) is 0 Å². The van der Waals surface area contributed by atoms with E-state index in [1.54, 1.807) is 90.1 Å². The fourth-order valence-corrected chi connectivity index (χ4v) is 6.64. The first kappa shape index (κ1) is 51.7. The van der Waals surface area contributed by atoms with Gasteiger partial charge in [0.2, 0.25) is 6.10 Å². The SMILES string of the molecule is C.CC(C)C[C@@H](C(=O)O)N(C)C(=O)OC(C)(C)C.CC(C)C[C@@H](C(=O)O[C@H](Cc1ccc(C#N)cc1)C(=O)OCc1ccccc1)N(C)C(=O)OC(C)(C)C.N#Cc1ccc(C[C@@H](O)C(=O)OCc2ccccc2)cc1.[2H][2H].[2H][2H].[2H][2H].[2H][2H].[2H][2H].[2H][2H].[2H][2H].[2H][2H].[2H][2H]. The van der Waals surface area contributed by atoms with Crippen LogP contribution >= 0.6 is 0 Å². The Morgan fingerprint density at radius 2 is 0.934 bits per heavy atom. The number of hydrogen-bond donors (Lipinski definition) is 2. The molecule has 2 amide bonds. The minimum atomic E-state index is -1.24. The number of carbonyl (C=O) groups is 6. The number of benzene rings is 4. The average Bonchev–Trinajstić information content (AvgIpc) is 0.933. The molecule has 0 aliphatic rings. The maximum atomic E-state index is 13.3. The third-order valence-corrected chi connectivity index (χ3v) is 10.5. The first-order valence-corrected chi connectivity index (χ1v) is 24.5. The second-order valence-corrected chi connectivity index (χ2v) is 20.5. The second kappa shape index (κ2) is 32.5. The molecule has 0 saturated carbocycles. The number of esters is 3. The molecule has 0 aromatic heterocycles. The van der Waals surface area contributed by atoms with Gasteiger partial charge in [0, 0.05) is 53.7 Å². The van der Waals surface area contributed by atoms with Gasteiger partial charge in [-0.15, -0.1) is 0 Å². The summed E-state index contributed by atoms with van der Waals surface area (Å²) in [6, 6.07) is 34.1. The maximum Gasteiger partial charge on any atom is 0.410 e. The topological polar surface area (TPSA) is 243 Å². The largest absolute Gasteiger partial charge is 0.480 e. The van der Waals surface area contributed by atoms with Crippen molar-refractivity contribution in [3.8, 4) is 12.1 Å². The van der Waals surface area contributed by atoms with Crippen molar-refractivity contribution in [2.45, 2.75) is 151 Å². The molecular weight excluding hydrogens is 973 g/mol. The molecule has 2 N–H and O–H groups in total. The van der Waals surface area contributed by atoms with Gasteiger partial charge in [0.15, 0.2) is 6.10 Å². The van der Waals surface area contributed by atoms with E-state index in [1.807, 2.05) is 100 Å². The summed E-state index contributed by atoms with van der Waals surface area (Å²) in [6.07, 6.45) is -2.78. The van der Waals surface area contributed by atoms with E-state index in [4.69, 9.17) is 66.0 Å². The highest BCUT2D eigenvalue weighted by atomic mass is 16.6. The van der Waals surface area contributed by atoms with Crippen LogP contribution in [0.15, 0.2) is 109 Å². The Morgan fingerprint density at radius 1 is 0.566 bits per heavy atom. The van der Waals surface area contributed by atoms with Crippen LogP contribution in [0.25, 0.3) is 0 Å². The number of ether oxygens (including phenoxy) is 5. The molecule has 4 atom stereocenters. The molecule has 0 spiro atoms. The van der Waals surface area contributed by atoms with Crippen molar-refractivity contribution in [2.75, 3.05) is 14.1 Å². The molecule has 4 aromatic rings. The van der Waals surface area contributed by atoms with Gasteiger partial charge in [-0.25, -0.2) is 28.8 Å². The number of hydrogen-bond acceptors (Lipinski definition) is 14. The number of aliphatic hydroxyl groups excluding tert-OH is 1. The van der Waals surface area contributed by atoms with Gasteiger partial charge in [-0.05, 0) is 113 Å². The van der Waals surface area contributed by atoms with E-state index in [-0.39, 0.29) is 45.3 Å². The quantitative estimate of drug-likeness (QED) is 0.0655. The summed E-state index contributed by atoms with van der Waals surface area (Å²) in [4.78, 5) is 76.0. The zero-order valence-electron chi connectivity index (χ0n) is 63.3. The molecule has 17 heteroatoms. The second-order valence-electron chi connectivity index (χ2n) is 20.5. The normalized spacial score (nSPS) is 13.3. The first-order valence-electron chi connectivity index (χ1n) is 33.5. The lowest BCUT2D eigenvalue weighted by molar-refractivity contribution is -0.171. The molecule has 0 aliphatic carbocycles. The molecule has 0 bridgehead atoms. The molecule has 0 unspecified atom stereocenters. The Labute approximate surface area is 477 Å². The Hall–Kier alpha value is -7.76. The van der Waals surface area contributed by atoms with Crippen molar-refractivity contribution < 1.29 is 89.4 Å². The number of nitrogens with zero attached hydrogens (tertiary/aromatic N) is 4. The lowest BCUT2D eigenvalue weighted by Crippen LogP contribution is -2.47. The summed E-state index contributed by atoms with van der Waals surface area (Å²) in [7, 11) is 2.93. The monoisotopic (exact) mass is 1090 g/mol. The van der Waals surface area contributed by atoms with Crippen LogP contribution < -0.4 is 0 Å². The van der Waals surface area contributed by atoms with Gasteiger partial charge in [-0.3, -0.25) is 9.80 Å². The highest BCUT2D eigenvalue weighted by molar-refractivity contribution is 5.85. The van der Waals surface area contributed by atoms with Crippen molar-refractivity contribution in [1.82, 2.24) is 9.80 Å². The van der Waals surface area contributed by atoms with Crippen LogP contribution in [-0.4, -0.2) is 106 Å². The third-order valence-electron chi connectivity index (χ3n) is 10.5. The number of likely N-dealkylation sites (N-methyl/N-ethyl adjacent to an activating group) is 2. The van der Waals surface area contributed by atoms with E-state index >= 15 is 0 Å². The van der Waals surface area contributed by atoms with Gasteiger partial charge in [0.05, 0.1) is 23.3 Å². The number of rotatable bonds is 19. The molecule has 0 saturated heterocycles. The highest BCUT2D eigenvalue weighted by Crippen LogP contribution is 2.20. The van der Waals surface area contributed by atoms with Crippen LogP contribution in [0.4, 0.5) is 9.59 Å². The Bertz CT molecular complexity index is 2570. The predicted molar refractivity (Wildman–Crippen MR) is 306 cm³/mol. The molecule has 76 heavy (non-hydrogen) atoms. The molecule has 430 valence electrons. The molecule has 17 nitrogen and oxygen atoms in total. The van der Waals surface area contributed by atoms with Gasteiger partial charge < -0.3 is 33.9 Å². The summed E-state index contributed by atoms with van der Waals surface area (Å²) in [6.45, 7) is 18.3. The van der Waals surface area contributed by atoms with Crippen molar-refractivity contribution >= 4 is 36.1 Å². The van der Waals surface area contributed by atoms with E-state index in [0.29, 0.717) is 29.5 Å². The average molecular weight is 1090 g/mol. The van der Waals surface area contributed by atoms with Gasteiger partial charge in [0.1, 0.15) is 36.5 Å².